The standard InChI is InChI=1S/C14H18N2O3S/c17-14(10-3-1-5-15-13(10)20)16-6-8-19-12(9-16)11-4-2-7-18-11/h1,3,5,11-12H,2,4,6-9H2,(H,15,20)/t11-,12-/m1/s1. The second-order valence-electron chi connectivity index (χ2n) is 5.12. The molecule has 1 aromatic rings. The molecule has 2 atom stereocenters. The molecule has 0 radical (unpaired) electrons. The first-order chi connectivity index (χ1) is 9.75. The molecule has 0 aromatic carbocycles. The molecule has 0 spiro atoms. The lowest BCUT2D eigenvalue weighted by Crippen LogP contribution is -2.49. The number of aromatic amines is 1. The zero-order chi connectivity index (χ0) is 13.9. The quantitative estimate of drug-likeness (QED) is 0.845. The first-order valence-corrected chi connectivity index (χ1v) is 7.37. The van der Waals surface area contributed by atoms with Crippen LogP contribution in [0, 0.1) is 4.64 Å². The first kappa shape index (κ1) is 13.7. The number of carbonyl (C=O) groups excluding carboxylic acids is 1. The van der Waals surface area contributed by atoms with Crippen molar-refractivity contribution in [1.82, 2.24) is 9.88 Å². The van der Waals surface area contributed by atoms with Gasteiger partial charge in [-0.25, -0.2) is 0 Å². The summed E-state index contributed by atoms with van der Waals surface area (Å²) in [4.78, 5) is 17.2. The van der Waals surface area contributed by atoms with Gasteiger partial charge < -0.3 is 19.4 Å². The molecule has 2 saturated heterocycles. The molecule has 2 aliphatic rings. The Morgan fingerprint density at radius 3 is 2.95 bits per heavy atom. The normalized spacial score (nSPS) is 26.7. The Labute approximate surface area is 122 Å². The van der Waals surface area contributed by atoms with E-state index < -0.39 is 0 Å². The van der Waals surface area contributed by atoms with Crippen LogP contribution in [0.1, 0.15) is 23.2 Å². The van der Waals surface area contributed by atoms with E-state index in [1.54, 1.807) is 18.3 Å². The number of pyridine rings is 1. The van der Waals surface area contributed by atoms with Crippen molar-refractivity contribution >= 4 is 18.1 Å². The number of amides is 1. The van der Waals surface area contributed by atoms with E-state index in [-0.39, 0.29) is 18.1 Å². The van der Waals surface area contributed by atoms with E-state index in [2.05, 4.69) is 4.98 Å². The van der Waals surface area contributed by atoms with Gasteiger partial charge in [-0.15, -0.1) is 0 Å². The van der Waals surface area contributed by atoms with E-state index in [0.29, 0.717) is 29.9 Å². The summed E-state index contributed by atoms with van der Waals surface area (Å²) in [6.07, 6.45) is 3.92. The van der Waals surface area contributed by atoms with E-state index in [9.17, 15) is 4.79 Å². The smallest absolute Gasteiger partial charge is 0.257 e. The second-order valence-corrected chi connectivity index (χ2v) is 5.53. The van der Waals surface area contributed by atoms with Crippen LogP contribution in [-0.2, 0) is 9.47 Å². The molecule has 20 heavy (non-hydrogen) atoms. The third-order valence-corrected chi connectivity index (χ3v) is 4.15. The van der Waals surface area contributed by atoms with Crippen molar-refractivity contribution in [3.8, 4) is 0 Å². The number of ether oxygens (including phenoxy) is 2. The zero-order valence-electron chi connectivity index (χ0n) is 11.2. The highest BCUT2D eigenvalue weighted by Crippen LogP contribution is 2.21. The van der Waals surface area contributed by atoms with Gasteiger partial charge in [0.25, 0.3) is 5.91 Å². The number of H-pyrrole nitrogens is 1. The molecule has 3 rings (SSSR count). The molecular weight excluding hydrogens is 276 g/mol. The van der Waals surface area contributed by atoms with Crippen molar-refractivity contribution in [2.24, 2.45) is 0 Å². The van der Waals surface area contributed by atoms with Crippen LogP contribution in [0.3, 0.4) is 0 Å². The average molecular weight is 294 g/mol. The predicted octanol–water partition coefficient (Wildman–Crippen LogP) is 1.76. The summed E-state index contributed by atoms with van der Waals surface area (Å²) in [5.41, 5.74) is 0.551. The molecule has 0 unspecified atom stereocenters. The summed E-state index contributed by atoms with van der Waals surface area (Å²) in [5, 5.41) is 0. The third kappa shape index (κ3) is 2.77. The van der Waals surface area contributed by atoms with Gasteiger partial charge in [0, 0.05) is 25.9 Å². The van der Waals surface area contributed by atoms with E-state index in [1.807, 2.05) is 4.90 Å². The molecule has 3 heterocycles. The van der Waals surface area contributed by atoms with Gasteiger partial charge in [0.15, 0.2) is 0 Å². The third-order valence-electron chi connectivity index (χ3n) is 3.81. The maximum atomic E-state index is 12.5. The molecule has 0 saturated carbocycles. The Kier molecular flexibility index (Phi) is 4.14. The topological polar surface area (TPSA) is 54.6 Å². The fraction of sp³-hybridized carbons (Fsp3) is 0.571. The second kappa shape index (κ2) is 6.03. The Morgan fingerprint density at radius 2 is 2.20 bits per heavy atom. The Morgan fingerprint density at radius 1 is 1.35 bits per heavy atom. The van der Waals surface area contributed by atoms with E-state index in [0.717, 1.165) is 19.4 Å². The van der Waals surface area contributed by atoms with Gasteiger partial charge >= 0.3 is 0 Å². The van der Waals surface area contributed by atoms with Crippen molar-refractivity contribution in [2.45, 2.75) is 25.0 Å². The Balaban J connectivity index is 1.72. The van der Waals surface area contributed by atoms with Crippen molar-refractivity contribution in [2.75, 3.05) is 26.3 Å². The molecule has 108 valence electrons. The van der Waals surface area contributed by atoms with Gasteiger partial charge in [0.2, 0.25) is 0 Å². The summed E-state index contributed by atoms with van der Waals surface area (Å²) >= 11 is 5.18. The molecule has 5 nitrogen and oxygen atoms in total. The Bertz CT molecular complexity index is 539. The largest absolute Gasteiger partial charge is 0.375 e. The van der Waals surface area contributed by atoms with Gasteiger partial charge in [-0.3, -0.25) is 4.79 Å². The van der Waals surface area contributed by atoms with Gasteiger partial charge in [0.1, 0.15) is 10.7 Å². The van der Waals surface area contributed by atoms with Crippen LogP contribution in [0.15, 0.2) is 18.3 Å². The van der Waals surface area contributed by atoms with Gasteiger partial charge in [-0.1, -0.05) is 12.2 Å². The minimum absolute atomic E-state index is 0.0172. The van der Waals surface area contributed by atoms with Gasteiger partial charge in [-0.05, 0) is 25.0 Å². The van der Waals surface area contributed by atoms with Crippen molar-refractivity contribution in [3.05, 3.63) is 28.5 Å². The fourth-order valence-electron chi connectivity index (χ4n) is 2.74. The number of rotatable bonds is 2. The number of nitrogens with zero attached hydrogens (tertiary/aromatic N) is 1. The minimum Gasteiger partial charge on any atom is -0.375 e. The van der Waals surface area contributed by atoms with Crippen LogP contribution in [-0.4, -0.2) is 54.3 Å². The minimum atomic E-state index is -0.0295. The Hall–Kier alpha value is -1.24. The van der Waals surface area contributed by atoms with Crippen LogP contribution < -0.4 is 0 Å². The van der Waals surface area contributed by atoms with Gasteiger partial charge in [0.05, 0.1) is 18.3 Å². The van der Waals surface area contributed by atoms with Crippen LogP contribution in [0.25, 0.3) is 0 Å². The van der Waals surface area contributed by atoms with Crippen LogP contribution in [0.2, 0.25) is 0 Å². The zero-order valence-corrected chi connectivity index (χ0v) is 12.0. The number of hydrogen-bond acceptors (Lipinski definition) is 4. The number of aromatic nitrogens is 1. The molecule has 0 aliphatic carbocycles. The molecule has 2 aliphatic heterocycles. The predicted molar refractivity (Wildman–Crippen MR) is 76.2 cm³/mol. The monoisotopic (exact) mass is 294 g/mol. The first-order valence-electron chi connectivity index (χ1n) is 6.96. The highest BCUT2D eigenvalue weighted by Gasteiger charge is 2.33. The number of hydrogen-bond donors (Lipinski definition) is 1. The van der Waals surface area contributed by atoms with Crippen LogP contribution in [0.4, 0.5) is 0 Å². The van der Waals surface area contributed by atoms with Gasteiger partial charge in [-0.2, -0.15) is 0 Å². The maximum absolute atomic E-state index is 12.5. The summed E-state index contributed by atoms with van der Waals surface area (Å²) in [7, 11) is 0. The molecule has 1 amide bonds. The number of carbonyl (C=O) groups is 1. The molecular formula is C14H18N2O3S. The number of morpholine rings is 1. The lowest BCUT2D eigenvalue weighted by Gasteiger charge is -2.35. The number of nitrogens with one attached hydrogen (secondary N) is 1. The molecule has 0 bridgehead atoms. The summed E-state index contributed by atoms with van der Waals surface area (Å²) in [5.74, 6) is -0.0295. The van der Waals surface area contributed by atoms with E-state index >= 15 is 0 Å². The molecule has 1 aromatic heterocycles. The molecule has 6 heteroatoms. The molecule has 1 N–H and O–H groups in total. The maximum Gasteiger partial charge on any atom is 0.257 e. The average Bonchev–Trinajstić information content (AvgIpc) is 3.01. The highest BCUT2D eigenvalue weighted by molar-refractivity contribution is 7.71. The van der Waals surface area contributed by atoms with Crippen molar-refractivity contribution in [3.63, 3.8) is 0 Å². The molecule has 2 fully saturated rings. The van der Waals surface area contributed by atoms with Crippen LogP contribution in [0.5, 0.6) is 0 Å². The highest BCUT2D eigenvalue weighted by atomic mass is 32.1. The SMILES string of the molecule is O=C(c1ccc[nH]c1=S)N1CCO[C@@H]([C@H]2CCCO2)C1. The lowest BCUT2D eigenvalue weighted by atomic mass is 10.1. The van der Waals surface area contributed by atoms with E-state index in [4.69, 9.17) is 21.7 Å². The van der Waals surface area contributed by atoms with E-state index in [1.165, 1.54) is 0 Å². The summed E-state index contributed by atoms with van der Waals surface area (Å²) in [6.45, 7) is 2.53. The summed E-state index contributed by atoms with van der Waals surface area (Å²) < 4.78 is 11.9. The fourth-order valence-corrected chi connectivity index (χ4v) is 2.96. The van der Waals surface area contributed by atoms with Crippen LogP contribution >= 0.6 is 12.2 Å². The summed E-state index contributed by atoms with van der Waals surface area (Å²) in [6, 6.07) is 3.55. The van der Waals surface area contributed by atoms with Crippen molar-refractivity contribution in [1.29, 1.82) is 0 Å². The lowest BCUT2D eigenvalue weighted by molar-refractivity contribution is -0.0868. The van der Waals surface area contributed by atoms with Crippen molar-refractivity contribution < 1.29 is 14.3 Å².